The largest absolute Gasteiger partial charge is 0.380 e. The minimum atomic E-state index is 0.704. The molecule has 1 heterocycles. The Hall–Kier alpha value is -0.570. The third-order valence-corrected chi connectivity index (χ3v) is 2.99. The normalized spacial score (nSPS) is 19.3. The molecule has 1 saturated carbocycles. The van der Waals surface area contributed by atoms with Crippen molar-refractivity contribution in [1.82, 2.24) is 4.37 Å². The second kappa shape index (κ2) is 3.90. The molecular weight excluding hydrogens is 168 g/mol. The van der Waals surface area contributed by atoms with E-state index in [2.05, 4.69) is 15.1 Å². The Labute approximate surface area is 77.2 Å². The van der Waals surface area contributed by atoms with Gasteiger partial charge in [-0.15, -0.1) is 0 Å². The fourth-order valence-electron chi connectivity index (χ4n) is 1.76. The molecule has 0 amide bonds. The van der Waals surface area contributed by atoms with Crippen LogP contribution in [0.5, 0.6) is 0 Å². The smallest absolute Gasteiger partial charge is 0.0655 e. The second-order valence-corrected chi connectivity index (χ2v) is 4.05. The van der Waals surface area contributed by atoms with Crippen molar-refractivity contribution in [2.24, 2.45) is 0 Å². The van der Waals surface area contributed by atoms with Crippen molar-refractivity contribution >= 4 is 17.2 Å². The van der Waals surface area contributed by atoms with Gasteiger partial charge in [0.05, 0.1) is 11.9 Å². The van der Waals surface area contributed by atoms with Gasteiger partial charge < -0.3 is 5.32 Å². The molecule has 2 nitrogen and oxygen atoms in total. The molecule has 0 saturated heterocycles. The Morgan fingerprint density at radius 1 is 1.33 bits per heavy atom. The molecule has 1 aromatic rings. The Bertz CT molecular complexity index is 214. The maximum Gasteiger partial charge on any atom is 0.0655 e. The maximum atomic E-state index is 4.07. The van der Waals surface area contributed by atoms with E-state index in [9.17, 15) is 0 Å². The number of hydrogen-bond acceptors (Lipinski definition) is 3. The van der Waals surface area contributed by atoms with E-state index in [1.807, 2.05) is 6.20 Å². The van der Waals surface area contributed by atoms with E-state index in [0.717, 1.165) is 0 Å². The number of rotatable bonds is 2. The second-order valence-electron chi connectivity index (χ2n) is 3.39. The molecule has 12 heavy (non-hydrogen) atoms. The maximum absolute atomic E-state index is 4.07. The molecule has 66 valence electrons. The van der Waals surface area contributed by atoms with Crippen molar-refractivity contribution in [2.45, 2.75) is 38.1 Å². The van der Waals surface area contributed by atoms with Crippen molar-refractivity contribution in [1.29, 1.82) is 0 Å². The van der Waals surface area contributed by atoms with E-state index in [0.29, 0.717) is 6.04 Å². The van der Waals surface area contributed by atoms with E-state index in [1.54, 1.807) is 0 Å². The van der Waals surface area contributed by atoms with Crippen LogP contribution in [0, 0.1) is 0 Å². The summed E-state index contributed by atoms with van der Waals surface area (Å²) in [5.74, 6) is 0. The standard InChI is InChI=1S/C9H14N2S/c1-2-4-8(5-3-1)11-9-6-10-12-7-9/h6-8,11H,1-5H2. The lowest BCUT2D eigenvalue weighted by Gasteiger charge is -2.22. The summed E-state index contributed by atoms with van der Waals surface area (Å²) < 4.78 is 4.07. The van der Waals surface area contributed by atoms with E-state index < -0.39 is 0 Å². The summed E-state index contributed by atoms with van der Waals surface area (Å²) in [5, 5.41) is 5.59. The van der Waals surface area contributed by atoms with Crippen LogP contribution in [0.2, 0.25) is 0 Å². The zero-order valence-corrected chi connectivity index (χ0v) is 7.94. The van der Waals surface area contributed by atoms with Crippen LogP contribution >= 0.6 is 11.5 Å². The van der Waals surface area contributed by atoms with Gasteiger partial charge in [0.15, 0.2) is 0 Å². The summed E-state index contributed by atoms with van der Waals surface area (Å²) in [5.41, 5.74) is 1.20. The van der Waals surface area contributed by atoms with Gasteiger partial charge in [0.2, 0.25) is 0 Å². The third-order valence-electron chi connectivity index (χ3n) is 2.41. The summed E-state index contributed by atoms with van der Waals surface area (Å²) >= 11 is 1.52. The molecule has 2 rings (SSSR count). The van der Waals surface area contributed by atoms with Crippen LogP contribution < -0.4 is 5.32 Å². The summed E-state index contributed by atoms with van der Waals surface area (Å²) in [7, 11) is 0. The molecule has 0 atom stereocenters. The first-order valence-electron chi connectivity index (χ1n) is 4.61. The number of nitrogens with one attached hydrogen (secondary N) is 1. The zero-order chi connectivity index (χ0) is 8.23. The van der Waals surface area contributed by atoms with Gasteiger partial charge in [-0.05, 0) is 24.4 Å². The van der Waals surface area contributed by atoms with Crippen molar-refractivity contribution in [3.63, 3.8) is 0 Å². The topological polar surface area (TPSA) is 24.9 Å². The van der Waals surface area contributed by atoms with Gasteiger partial charge in [-0.3, -0.25) is 0 Å². The molecule has 1 fully saturated rings. The lowest BCUT2D eigenvalue weighted by molar-refractivity contribution is 0.463. The van der Waals surface area contributed by atoms with Crippen LogP contribution in [-0.4, -0.2) is 10.4 Å². The Balaban J connectivity index is 1.86. The summed E-state index contributed by atoms with van der Waals surface area (Å²) in [6.07, 6.45) is 8.76. The first-order valence-corrected chi connectivity index (χ1v) is 5.45. The highest BCUT2D eigenvalue weighted by atomic mass is 32.1. The van der Waals surface area contributed by atoms with Gasteiger partial charge in [0, 0.05) is 11.4 Å². The van der Waals surface area contributed by atoms with Crippen LogP contribution in [0.15, 0.2) is 11.6 Å². The van der Waals surface area contributed by atoms with Gasteiger partial charge in [-0.25, -0.2) is 0 Å². The Kier molecular flexibility index (Phi) is 2.61. The van der Waals surface area contributed by atoms with Crippen molar-refractivity contribution < 1.29 is 0 Å². The SMILES string of the molecule is c1nscc1NC1CCCCC1. The predicted octanol–water partition coefficient (Wildman–Crippen LogP) is 2.89. The molecular formula is C9H14N2S. The molecule has 1 aromatic heterocycles. The van der Waals surface area contributed by atoms with Crippen molar-refractivity contribution in [3.8, 4) is 0 Å². The monoisotopic (exact) mass is 182 g/mol. The summed E-state index contributed by atoms with van der Waals surface area (Å²) in [6, 6.07) is 0.704. The molecule has 0 aromatic carbocycles. The van der Waals surface area contributed by atoms with E-state index in [-0.39, 0.29) is 0 Å². The lowest BCUT2D eigenvalue weighted by atomic mass is 9.95. The van der Waals surface area contributed by atoms with E-state index >= 15 is 0 Å². The molecule has 1 aliphatic carbocycles. The number of nitrogens with zero attached hydrogens (tertiary/aromatic N) is 1. The lowest BCUT2D eigenvalue weighted by Crippen LogP contribution is -2.21. The minimum Gasteiger partial charge on any atom is -0.380 e. The van der Waals surface area contributed by atoms with Gasteiger partial charge >= 0.3 is 0 Å². The van der Waals surface area contributed by atoms with Crippen LogP contribution in [0.4, 0.5) is 5.69 Å². The minimum absolute atomic E-state index is 0.704. The Morgan fingerprint density at radius 2 is 2.17 bits per heavy atom. The molecule has 3 heteroatoms. The first kappa shape index (κ1) is 8.05. The van der Waals surface area contributed by atoms with Crippen molar-refractivity contribution in [3.05, 3.63) is 11.6 Å². The highest BCUT2D eigenvalue weighted by molar-refractivity contribution is 7.04. The number of anilines is 1. The zero-order valence-electron chi connectivity index (χ0n) is 7.12. The van der Waals surface area contributed by atoms with Crippen LogP contribution in [0.3, 0.4) is 0 Å². The number of aromatic nitrogens is 1. The average Bonchev–Trinajstić information content (AvgIpc) is 2.59. The summed E-state index contributed by atoms with van der Waals surface area (Å²) in [6.45, 7) is 0. The average molecular weight is 182 g/mol. The quantitative estimate of drug-likeness (QED) is 0.760. The van der Waals surface area contributed by atoms with E-state index in [1.165, 1.54) is 49.3 Å². The van der Waals surface area contributed by atoms with Gasteiger partial charge in [0.1, 0.15) is 0 Å². The van der Waals surface area contributed by atoms with Gasteiger partial charge in [-0.2, -0.15) is 4.37 Å². The van der Waals surface area contributed by atoms with Crippen LogP contribution in [0.25, 0.3) is 0 Å². The fraction of sp³-hybridized carbons (Fsp3) is 0.667. The van der Waals surface area contributed by atoms with Gasteiger partial charge in [-0.1, -0.05) is 19.3 Å². The predicted molar refractivity (Wildman–Crippen MR) is 52.6 cm³/mol. The van der Waals surface area contributed by atoms with E-state index in [4.69, 9.17) is 0 Å². The third kappa shape index (κ3) is 1.97. The first-order chi connectivity index (χ1) is 5.95. The van der Waals surface area contributed by atoms with Crippen molar-refractivity contribution in [2.75, 3.05) is 5.32 Å². The molecule has 0 spiro atoms. The fourth-order valence-corrected chi connectivity index (χ4v) is 2.24. The Morgan fingerprint density at radius 3 is 2.83 bits per heavy atom. The highest BCUT2D eigenvalue weighted by Crippen LogP contribution is 2.21. The summed E-state index contributed by atoms with van der Waals surface area (Å²) in [4.78, 5) is 0. The molecule has 0 aliphatic heterocycles. The molecule has 0 unspecified atom stereocenters. The van der Waals surface area contributed by atoms with Crippen LogP contribution in [-0.2, 0) is 0 Å². The molecule has 0 radical (unpaired) electrons. The highest BCUT2D eigenvalue weighted by Gasteiger charge is 2.12. The number of hydrogen-bond donors (Lipinski definition) is 1. The molecule has 1 aliphatic rings. The molecule has 0 bridgehead atoms. The van der Waals surface area contributed by atoms with Gasteiger partial charge in [0.25, 0.3) is 0 Å². The molecule has 1 N–H and O–H groups in total. The van der Waals surface area contributed by atoms with Crippen LogP contribution in [0.1, 0.15) is 32.1 Å².